The minimum absolute atomic E-state index is 0.258. The zero-order valence-electron chi connectivity index (χ0n) is 16.3. The molecule has 24 heavy (non-hydrogen) atoms. The second-order valence-electron chi connectivity index (χ2n) is 9.39. The van der Waals surface area contributed by atoms with Crippen LogP contribution >= 0.6 is 0 Å². The Bertz CT molecular complexity index is 431. The van der Waals surface area contributed by atoms with Gasteiger partial charge in [0.2, 0.25) is 0 Å². The molecule has 0 amide bonds. The number of aliphatic hydroxyl groups excluding tert-OH is 1. The van der Waals surface area contributed by atoms with Crippen molar-refractivity contribution in [3.63, 3.8) is 0 Å². The molecule has 0 aromatic rings. The van der Waals surface area contributed by atoms with Gasteiger partial charge in [0, 0.05) is 26.2 Å². The van der Waals surface area contributed by atoms with Crippen LogP contribution in [0.2, 0.25) is 0 Å². The van der Waals surface area contributed by atoms with Crippen molar-refractivity contribution in [2.75, 3.05) is 26.2 Å². The van der Waals surface area contributed by atoms with E-state index in [0.717, 1.165) is 32.0 Å². The average Bonchev–Trinajstić information content (AvgIpc) is 2.79. The van der Waals surface area contributed by atoms with Crippen LogP contribution in [-0.2, 0) is 9.47 Å². The van der Waals surface area contributed by atoms with E-state index in [1.54, 1.807) is 0 Å². The van der Waals surface area contributed by atoms with Crippen LogP contribution in [0.3, 0.4) is 0 Å². The fourth-order valence-electron chi connectivity index (χ4n) is 5.55. The zero-order chi connectivity index (χ0) is 17.5. The van der Waals surface area contributed by atoms with Crippen molar-refractivity contribution in [2.24, 2.45) is 16.7 Å². The lowest BCUT2D eigenvalue weighted by molar-refractivity contribution is -0.0825. The lowest BCUT2D eigenvalue weighted by atomic mass is 9.70. The first-order chi connectivity index (χ1) is 11.2. The maximum absolute atomic E-state index is 10.4. The third kappa shape index (κ3) is 3.40. The molecule has 4 nitrogen and oxygen atoms in total. The molecule has 2 aliphatic carbocycles. The summed E-state index contributed by atoms with van der Waals surface area (Å²) in [6.45, 7) is 14.7. The number of β-amino-alcohol motifs (C(OH)–C–C–N with tert-alkyl or cyclic N) is 1. The minimum atomic E-state index is -0.304. The SMILES string of the molecule is C[C@@H]1CN(C[C@H](O)CCO[C@@H]2C[C@@H]3CC[C@]2(C)C3(C)C)C[C@H](C)O1. The minimum Gasteiger partial charge on any atom is -0.392 e. The van der Waals surface area contributed by atoms with E-state index in [1.807, 2.05) is 0 Å². The Morgan fingerprint density at radius 1 is 1.21 bits per heavy atom. The van der Waals surface area contributed by atoms with Crippen molar-refractivity contribution in [3.8, 4) is 0 Å². The highest BCUT2D eigenvalue weighted by atomic mass is 16.5. The number of fused-ring (bicyclic) bond motifs is 2. The second kappa shape index (κ2) is 6.86. The summed E-state index contributed by atoms with van der Waals surface area (Å²) >= 11 is 0. The smallest absolute Gasteiger partial charge is 0.0689 e. The molecule has 6 atom stereocenters. The molecule has 0 radical (unpaired) electrons. The third-order valence-electron chi connectivity index (χ3n) is 7.45. The Balaban J connectivity index is 1.41. The number of rotatable bonds is 6. The number of morpholine rings is 1. The highest BCUT2D eigenvalue weighted by Gasteiger charge is 2.61. The molecule has 2 bridgehead atoms. The second-order valence-corrected chi connectivity index (χ2v) is 9.39. The molecule has 1 aliphatic heterocycles. The first-order valence-electron chi connectivity index (χ1n) is 9.90. The molecule has 2 saturated carbocycles. The summed E-state index contributed by atoms with van der Waals surface area (Å²) in [5.41, 5.74) is 0.716. The van der Waals surface area contributed by atoms with Gasteiger partial charge in [-0.3, -0.25) is 4.90 Å². The van der Waals surface area contributed by atoms with Crippen molar-refractivity contribution >= 4 is 0 Å². The highest BCUT2D eigenvalue weighted by molar-refractivity contribution is 5.11. The number of hydrogen-bond acceptors (Lipinski definition) is 4. The number of nitrogens with zero attached hydrogens (tertiary/aromatic N) is 1. The average molecular weight is 340 g/mol. The van der Waals surface area contributed by atoms with Crippen LogP contribution in [0.5, 0.6) is 0 Å². The first kappa shape index (κ1) is 18.6. The topological polar surface area (TPSA) is 41.9 Å². The van der Waals surface area contributed by atoms with E-state index in [9.17, 15) is 5.11 Å². The summed E-state index contributed by atoms with van der Waals surface area (Å²) in [6, 6.07) is 0. The lowest BCUT2D eigenvalue weighted by Gasteiger charge is -2.39. The van der Waals surface area contributed by atoms with Gasteiger partial charge in [0.05, 0.1) is 24.4 Å². The van der Waals surface area contributed by atoms with Gasteiger partial charge in [0.25, 0.3) is 0 Å². The molecule has 0 unspecified atom stereocenters. The summed E-state index contributed by atoms with van der Waals surface area (Å²) in [4.78, 5) is 2.32. The summed E-state index contributed by atoms with van der Waals surface area (Å²) in [5.74, 6) is 0.814. The van der Waals surface area contributed by atoms with E-state index in [2.05, 4.69) is 39.5 Å². The molecule has 3 fully saturated rings. The molecule has 1 saturated heterocycles. The van der Waals surface area contributed by atoms with E-state index in [4.69, 9.17) is 9.47 Å². The third-order valence-corrected chi connectivity index (χ3v) is 7.45. The van der Waals surface area contributed by atoms with Crippen LogP contribution < -0.4 is 0 Å². The summed E-state index contributed by atoms with van der Waals surface area (Å²) in [6.07, 6.45) is 5.18. The Labute approximate surface area is 147 Å². The van der Waals surface area contributed by atoms with E-state index in [0.29, 0.717) is 23.5 Å². The maximum Gasteiger partial charge on any atom is 0.0689 e. The molecular weight excluding hydrogens is 302 g/mol. The van der Waals surface area contributed by atoms with E-state index in [1.165, 1.54) is 19.3 Å². The van der Waals surface area contributed by atoms with Gasteiger partial charge in [-0.1, -0.05) is 20.8 Å². The molecule has 4 heteroatoms. The predicted molar refractivity (Wildman–Crippen MR) is 96.0 cm³/mol. The Morgan fingerprint density at radius 2 is 1.88 bits per heavy atom. The van der Waals surface area contributed by atoms with Crippen LogP contribution in [0.4, 0.5) is 0 Å². The Morgan fingerprint density at radius 3 is 2.42 bits per heavy atom. The quantitative estimate of drug-likeness (QED) is 0.807. The summed E-state index contributed by atoms with van der Waals surface area (Å²) < 4.78 is 12.0. The van der Waals surface area contributed by atoms with Gasteiger partial charge < -0.3 is 14.6 Å². The van der Waals surface area contributed by atoms with Gasteiger partial charge in [0.1, 0.15) is 0 Å². The largest absolute Gasteiger partial charge is 0.392 e. The van der Waals surface area contributed by atoms with Crippen LogP contribution in [0, 0.1) is 16.7 Å². The fraction of sp³-hybridized carbons (Fsp3) is 1.00. The lowest BCUT2D eigenvalue weighted by Crippen LogP contribution is -2.48. The molecule has 140 valence electrons. The number of hydrogen-bond donors (Lipinski definition) is 1. The van der Waals surface area contributed by atoms with Crippen LogP contribution in [0.15, 0.2) is 0 Å². The van der Waals surface area contributed by atoms with Crippen LogP contribution in [-0.4, -0.2) is 60.7 Å². The Hall–Kier alpha value is -0.160. The van der Waals surface area contributed by atoms with Gasteiger partial charge in [-0.15, -0.1) is 0 Å². The normalized spacial score (nSPS) is 43.2. The summed E-state index contributed by atoms with van der Waals surface area (Å²) in [5, 5.41) is 10.4. The van der Waals surface area contributed by atoms with Crippen LogP contribution in [0.1, 0.15) is 60.3 Å². The molecule has 0 spiro atoms. The number of ether oxygens (including phenoxy) is 2. The monoisotopic (exact) mass is 339 g/mol. The van der Waals surface area contributed by atoms with Gasteiger partial charge in [0.15, 0.2) is 0 Å². The van der Waals surface area contributed by atoms with E-state index in [-0.39, 0.29) is 18.3 Å². The first-order valence-corrected chi connectivity index (χ1v) is 9.90. The molecule has 0 aromatic carbocycles. The van der Waals surface area contributed by atoms with Gasteiger partial charge in [-0.2, -0.15) is 0 Å². The Kier molecular flexibility index (Phi) is 5.33. The maximum atomic E-state index is 10.4. The zero-order valence-corrected chi connectivity index (χ0v) is 16.3. The van der Waals surface area contributed by atoms with Crippen molar-refractivity contribution in [3.05, 3.63) is 0 Å². The van der Waals surface area contributed by atoms with E-state index < -0.39 is 0 Å². The molecule has 0 aromatic heterocycles. The van der Waals surface area contributed by atoms with Crippen molar-refractivity contribution in [2.45, 2.75) is 84.7 Å². The molecule has 1 heterocycles. The van der Waals surface area contributed by atoms with Crippen molar-refractivity contribution in [1.82, 2.24) is 4.90 Å². The molecule has 1 N–H and O–H groups in total. The molecular formula is C20H37NO3. The predicted octanol–water partition coefficient (Wildman–Crippen LogP) is 3.08. The fourth-order valence-corrected chi connectivity index (χ4v) is 5.55. The van der Waals surface area contributed by atoms with Gasteiger partial charge in [-0.05, 0) is 56.3 Å². The van der Waals surface area contributed by atoms with E-state index >= 15 is 0 Å². The standard InChI is InChI=1S/C20H37NO3/c1-14-11-21(12-15(2)24-14)13-17(22)7-9-23-18-10-16-6-8-20(18,5)19(16,3)4/h14-18,22H,6-13H2,1-5H3/t14-,15+,16-,17+,18+,20-/m0/s1. The molecule has 3 rings (SSSR count). The van der Waals surface area contributed by atoms with Gasteiger partial charge in [-0.25, -0.2) is 0 Å². The number of aliphatic hydroxyl groups is 1. The summed E-state index contributed by atoms with van der Waals surface area (Å²) in [7, 11) is 0. The van der Waals surface area contributed by atoms with Crippen molar-refractivity contribution < 1.29 is 14.6 Å². The highest BCUT2D eigenvalue weighted by Crippen LogP contribution is 2.66. The molecule has 3 aliphatic rings. The van der Waals surface area contributed by atoms with Crippen LogP contribution in [0.25, 0.3) is 0 Å². The van der Waals surface area contributed by atoms with Gasteiger partial charge >= 0.3 is 0 Å². The van der Waals surface area contributed by atoms with Crippen molar-refractivity contribution in [1.29, 1.82) is 0 Å².